The summed E-state index contributed by atoms with van der Waals surface area (Å²) in [6.07, 6.45) is 0.506. The summed E-state index contributed by atoms with van der Waals surface area (Å²) in [7, 11) is 1.57. The third-order valence-electron chi connectivity index (χ3n) is 2.56. The summed E-state index contributed by atoms with van der Waals surface area (Å²) in [5.74, 6) is 4.88. The third-order valence-corrected chi connectivity index (χ3v) is 3.16. The van der Waals surface area contributed by atoms with Crippen molar-refractivity contribution >= 4 is 28.2 Å². The lowest BCUT2D eigenvalue weighted by Crippen LogP contribution is -2.17. The highest BCUT2D eigenvalue weighted by molar-refractivity contribution is 9.10. The van der Waals surface area contributed by atoms with Crippen LogP contribution in [0.1, 0.15) is 27.9 Å². The third kappa shape index (κ3) is 5.26. The molecule has 0 radical (unpaired) electrons. The molecule has 0 spiro atoms. The first kappa shape index (κ1) is 18.4. The van der Waals surface area contributed by atoms with Crippen LogP contribution in [0.15, 0.2) is 4.73 Å². The zero-order chi connectivity index (χ0) is 16.4. The van der Waals surface area contributed by atoms with Crippen LogP contribution in [0.25, 0.3) is 0 Å². The fourth-order valence-corrected chi connectivity index (χ4v) is 2.04. The molecule has 0 bridgehead atoms. The van der Waals surface area contributed by atoms with E-state index in [0.717, 1.165) is 0 Å². The Hall–Kier alpha value is -1.69. The van der Waals surface area contributed by atoms with E-state index >= 15 is 0 Å². The quantitative estimate of drug-likeness (QED) is 0.281. The van der Waals surface area contributed by atoms with Crippen molar-refractivity contribution in [2.24, 2.45) is 0 Å². The van der Waals surface area contributed by atoms with Crippen LogP contribution in [-0.2, 0) is 20.8 Å². The number of carbonyl (C=O) groups is 2. The lowest BCUT2D eigenvalue weighted by atomic mass is 10.3. The van der Waals surface area contributed by atoms with Crippen LogP contribution in [0.2, 0.25) is 0 Å². The first-order chi connectivity index (χ1) is 10.7. The molecule has 1 rings (SSSR count). The van der Waals surface area contributed by atoms with E-state index in [9.17, 15) is 9.59 Å². The second-order valence-corrected chi connectivity index (χ2v) is 4.70. The van der Waals surface area contributed by atoms with Gasteiger partial charge in [-0.1, -0.05) is 5.92 Å². The Morgan fingerprint density at radius 1 is 1.36 bits per heavy atom. The highest BCUT2D eigenvalue weighted by Gasteiger charge is 2.22. The number of imidazole rings is 1. The number of aromatic nitrogens is 2. The maximum atomic E-state index is 12.1. The molecule has 0 aliphatic heterocycles. The van der Waals surface area contributed by atoms with Gasteiger partial charge in [-0.2, -0.15) is 0 Å². The van der Waals surface area contributed by atoms with E-state index in [1.807, 2.05) is 0 Å². The minimum absolute atomic E-state index is 0.00933. The van der Waals surface area contributed by atoms with Crippen molar-refractivity contribution in [1.82, 2.24) is 9.55 Å². The van der Waals surface area contributed by atoms with Crippen LogP contribution in [0.4, 0.5) is 0 Å². The number of aldehydes is 1. The summed E-state index contributed by atoms with van der Waals surface area (Å²) < 4.78 is 16.9. The fraction of sp³-hybridized carbons (Fsp3) is 0.500. The average molecular weight is 373 g/mol. The van der Waals surface area contributed by atoms with Gasteiger partial charge in [-0.3, -0.25) is 4.79 Å². The van der Waals surface area contributed by atoms with Crippen LogP contribution in [0.5, 0.6) is 0 Å². The average Bonchev–Trinajstić information content (AvgIpc) is 2.84. The molecule has 0 unspecified atom stereocenters. The molecule has 0 atom stereocenters. The Morgan fingerprint density at radius 3 is 2.73 bits per heavy atom. The number of hydrogen-bond acceptors (Lipinski definition) is 6. The van der Waals surface area contributed by atoms with E-state index in [1.165, 1.54) is 4.57 Å². The van der Waals surface area contributed by atoms with Crippen LogP contribution in [0.3, 0.4) is 0 Å². The van der Waals surface area contributed by atoms with Crippen LogP contribution >= 0.6 is 15.9 Å². The largest absolute Gasteiger partial charge is 0.459 e. The molecule has 1 heterocycles. The molecule has 0 aliphatic carbocycles. The highest BCUT2D eigenvalue weighted by atomic mass is 79.9. The molecule has 0 saturated carbocycles. The zero-order valence-corrected chi connectivity index (χ0v) is 14.0. The van der Waals surface area contributed by atoms with Gasteiger partial charge in [0.05, 0.1) is 26.4 Å². The molecule has 1 aromatic rings. The van der Waals surface area contributed by atoms with Crippen molar-refractivity contribution in [3.8, 4) is 11.8 Å². The second kappa shape index (κ2) is 10.1. The Morgan fingerprint density at radius 2 is 2.09 bits per heavy atom. The van der Waals surface area contributed by atoms with Gasteiger partial charge in [-0.25, -0.2) is 9.78 Å². The fourth-order valence-electron chi connectivity index (χ4n) is 1.55. The van der Waals surface area contributed by atoms with Crippen molar-refractivity contribution in [3.05, 3.63) is 16.1 Å². The van der Waals surface area contributed by atoms with Crippen molar-refractivity contribution in [2.75, 3.05) is 33.5 Å². The minimum atomic E-state index is -0.645. The summed E-state index contributed by atoms with van der Waals surface area (Å²) in [6.45, 7) is 3.12. The Labute approximate surface area is 137 Å². The SMILES string of the molecule is CC#CCn1c(Br)nc(C=O)c1C(=O)OCCOCCOC. The number of hydrogen-bond donors (Lipinski definition) is 0. The van der Waals surface area contributed by atoms with E-state index < -0.39 is 5.97 Å². The number of rotatable bonds is 9. The molecule has 0 aliphatic rings. The van der Waals surface area contributed by atoms with E-state index in [4.69, 9.17) is 14.2 Å². The van der Waals surface area contributed by atoms with Crippen LogP contribution < -0.4 is 0 Å². The van der Waals surface area contributed by atoms with Gasteiger partial charge >= 0.3 is 5.97 Å². The molecule has 22 heavy (non-hydrogen) atoms. The maximum Gasteiger partial charge on any atom is 0.357 e. The maximum absolute atomic E-state index is 12.1. The van der Waals surface area contributed by atoms with Gasteiger partial charge in [0.2, 0.25) is 0 Å². The second-order valence-electron chi connectivity index (χ2n) is 3.99. The minimum Gasteiger partial charge on any atom is -0.459 e. The summed E-state index contributed by atoms with van der Waals surface area (Å²) in [5.41, 5.74) is 0.0802. The van der Waals surface area contributed by atoms with Crippen LogP contribution in [0, 0.1) is 11.8 Å². The molecule has 1 aromatic heterocycles. The molecule has 0 N–H and O–H groups in total. The van der Waals surface area contributed by atoms with Gasteiger partial charge in [0.15, 0.2) is 16.7 Å². The Bertz CT molecular complexity index is 574. The topological polar surface area (TPSA) is 79.7 Å². The molecule has 0 saturated heterocycles. The van der Waals surface area contributed by atoms with E-state index in [2.05, 4.69) is 32.8 Å². The summed E-state index contributed by atoms with van der Waals surface area (Å²) >= 11 is 3.20. The van der Waals surface area contributed by atoms with Crippen LogP contribution in [-0.4, -0.2) is 55.3 Å². The van der Waals surface area contributed by atoms with Gasteiger partial charge in [-0.05, 0) is 22.9 Å². The number of methoxy groups -OCH3 is 1. The molecular weight excluding hydrogens is 356 g/mol. The van der Waals surface area contributed by atoms with E-state index in [0.29, 0.717) is 24.2 Å². The van der Waals surface area contributed by atoms with Crippen molar-refractivity contribution < 1.29 is 23.8 Å². The normalized spacial score (nSPS) is 9.95. The molecule has 8 heteroatoms. The molecule has 7 nitrogen and oxygen atoms in total. The van der Waals surface area contributed by atoms with E-state index in [1.54, 1.807) is 14.0 Å². The van der Waals surface area contributed by atoms with Gasteiger partial charge in [-0.15, -0.1) is 5.92 Å². The standard InChI is InChI=1S/C14H17BrN2O5/c1-3-4-5-17-12(11(10-18)16-14(17)15)13(19)22-9-8-21-7-6-20-2/h10H,5-9H2,1-2H3. The summed E-state index contributed by atoms with van der Waals surface area (Å²) in [5, 5.41) is 0. The number of ether oxygens (including phenoxy) is 3. The number of halogens is 1. The van der Waals surface area contributed by atoms with Crippen molar-refractivity contribution in [3.63, 3.8) is 0 Å². The lowest BCUT2D eigenvalue weighted by molar-refractivity contribution is 0.0205. The van der Waals surface area contributed by atoms with Crippen molar-refractivity contribution in [1.29, 1.82) is 0 Å². The molecular formula is C14H17BrN2O5. The predicted molar refractivity (Wildman–Crippen MR) is 81.7 cm³/mol. The van der Waals surface area contributed by atoms with Crippen molar-refractivity contribution in [2.45, 2.75) is 13.5 Å². The number of esters is 1. The molecule has 0 fully saturated rings. The van der Waals surface area contributed by atoms with E-state index in [-0.39, 0.29) is 31.1 Å². The lowest BCUT2D eigenvalue weighted by Gasteiger charge is -2.08. The summed E-state index contributed by atoms with van der Waals surface area (Å²) in [4.78, 5) is 27.1. The number of nitrogens with zero attached hydrogens (tertiary/aromatic N) is 2. The highest BCUT2D eigenvalue weighted by Crippen LogP contribution is 2.17. The predicted octanol–water partition coefficient (Wildman–Crippen LogP) is 1.30. The van der Waals surface area contributed by atoms with Gasteiger partial charge < -0.3 is 18.8 Å². The van der Waals surface area contributed by atoms with Gasteiger partial charge in [0.25, 0.3) is 0 Å². The molecule has 0 aromatic carbocycles. The monoisotopic (exact) mass is 372 g/mol. The number of carbonyl (C=O) groups excluding carboxylic acids is 2. The van der Waals surface area contributed by atoms with Gasteiger partial charge in [0, 0.05) is 7.11 Å². The van der Waals surface area contributed by atoms with Gasteiger partial charge in [0.1, 0.15) is 12.3 Å². The first-order valence-corrected chi connectivity index (χ1v) is 7.29. The first-order valence-electron chi connectivity index (χ1n) is 6.50. The molecule has 120 valence electrons. The Balaban J connectivity index is 2.70. The summed E-state index contributed by atoms with van der Waals surface area (Å²) in [6, 6.07) is 0. The Kier molecular flexibility index (Phi) is 8.43. The molecule has 0 amide bonds. The zero-order valence-electron chi connectivity index (χ0n) is 12.4. The smallest absolute Gasteiger partial charge is 0.357 e.